The Morgan fingerprint density at radius 3 is 2.69 bits per heavy atom. The zero-order chi connectivity index (χ0) is 21.9. The van der Waals surface area contributed by atoms with E-state index in [1.807, 2.05) is 72.9 Å². The summed E-state index contributed by atoms with van der Waals surface area (Å²) in [6.07, 6.45) is 6.31. The standard InChI is InChI=1S/C26H19ClN4O/c27-18-4-3-6-20(15-18)30-26-22-11-13-28-16-23(22)21-9-7-17(14-24(21)31-26)25(32)10-8-19-5-1-2-12-29-19/h1-7,9,11-16H,8,10H2,(H,30,31). The summed E-state index contributed by atoms with van der Waals surface area (Å²) in [5.74, 6) is 0.755. The number of ketones is 1. The highest BCUT2D eigenvalue weighted by Crippen LogP contribution is 2.31. The van der Waals surface area contributed by atoms with Gasteiger partial charge >= 0.3 is 0 Å². The number of Topliss-reactive ketones (excluding diaryl/α,β-unsaturated/α-hetero) is 1. The first-order valence-corrected chi connectivity index (χ1v) is 10.7. The second kappa shape index (κ2) is 8.73. The summed E-state index contributed by atoms with van der Waals surface area (Å²) >= 11 is 6.14. The normalized spacial score (nSPS) is 11.0. The summed E-state index contributed by atoms with van der Waals surface area (Å²) < 4.78 is 0. The van der Waals surface area contributed by atoms with Crippen LogP contribution in [0.5, 0.6) is 0 Å². The summed E-state index contributed by atoms with van der Waals surface area (Å²) in [5, 5.41) is 6.86. The van der Waals surface area contributed by atoms with Gasteiger partial charge in [-0.15, -0.1) is 0 Å². The first-order valence-electron chi connectivity index (χ1n) is 10.3. The molecule has 32 heavy (non-hydrogen) atoms. The molecule has 0 aliphatic rings. The number of carbonyl (C=O) groups excluding carboxylic acids is 1. The molecule has 0 bridgehead atoms. The third-order valence-electron chi connectivity index (χ3n) is 5.34. The molecule has 0 radical (unpaired) electrons. The van der Waals surface area contributed by atoms with Crippen LogP contribution in [0.2, 0.25) is 5.02 Å². The number of hydrogen-bond donors (Lipinski definition) is 1. The van der Waals surface area contributed by atoms with Gasteiger partial charge in [0.1, 0.15) is 5.82 Å². The molecule has 0 amide bonds. The SMILES string of the molecule is O=C(CCc1ccccn1)c1ccc2c(c1)nc(Nc1cccc(Cl)c1)c1ccncc12. The van der Waals surface area contributed by atoms with Crippen LogP contribution in [-0.2, 0) is 6.42 Å². The van der Waals surface area contributed by atoms with Crippen molar-refractivity contribution in [1.29, 1.82) is 0 Å². The Labute approximate surface area is 190 Å². The molecule has 3 aromatic heterocycles. The number of halogens is 1. The number of nitrogens with one attached hydrogen (secondary N) is 1. The lowest BCUT2D eigenvalue weighted by molar-refractivity contribution is 0.0982. The lowest BCUT2D eigenvalue weighted by atomic mass is 10.0. The maximum Gasteiger partial charge on any atom is 0.163 e. The van der Waals surface area contributed by atoms with E-state index in [-0.39, 0.29) is 5.78 Å². The number of rotatable bonds is 6. The Bertz CT molecular complexity index is 1440. The monoisotopic (exact) mass is 438 g/mol. The number of aryl methyl sites for hydroxylation is 1. The topological polar surface area (TPSA) is 67.8 Å². The first-order chi connectivity index (χ1) is 15.7. The van der Waals surface area contributed by atoms with E-state index in [1.54, 1.807) is 12.4 Å². The predicted octanol–water partition coefficient (Wildman–Crippen LogP) is 6.39. The summed E-state index contributed by atoms with van der Waals surface area (Å²) in [4.78, 5) is 26.3. The molecule has 6 heteroatoms. The van der Waals surface area contributed by atoms with Crippen LogP contribution >= 0.6 is 11.6 Å². The number of aromatic nitrogens is 3. The van der Waals surface area contributed by atoms with Gasteiger partial charge in [0.15, 0.2) is 5.78 Å². The van der Waals surface area contributed by atoms with Gasteiger partial charge in [-0.1, -0.05) is 35.9 Å². The third-order valence-corrected chi connectivity index (χ3v) is 5.58. The zero-order valence-electron chi connectivity index (χ0n) is 17.1. The van der Waals surface area contributed by atoms with E-state index >= 15 is 0 Å². The molecular formula is C26H19ClN4O. The molecule has 0 unspecified atom stereocenters. The van der Waals surface area contributed by atoms with Crippen LogP contribution in [0.15, 0.2) is 85.3 Å². The smallest absolute Gasteiger partial charge is 0.163 e. The summed E-state index contributed by atoms with van der Waals surface area (Å²) in [7, 11) is 0. The molecule has 0 spiro atoms. The number of pyridine rings is 3. The average molecular weight is 439 g/mol. The minimum Gasteiger partial charge on any atom is -0.340 e. The number of carbonyl (C=O) groups is 1. The van der Waals surface area contributed by atoms with E-state index in [1.165, 1.54) is 0 Å². The van der Waals surface area contributed by atoms with Gasteiger partial charge in [0.05, 0.1) is 5.52 Å². The molecule has 0 aliphatic carbocycles. The van der Waals surface area contributed by atoms with Crippen molar-refractivity contribution in [2.45, 2.75) is 12.8 Å². The highest BCUT2D eigenvalue weighted by molar-refractivity contribution is 6.30. The van der Waals surface area contributed by atoms with Gasteiger partial charge < -0.3 is 5.32 Å². The summed E-state index contributed by atoms with van der Waals surface area (Å²) in [6, 6.07) is 20.8. The van der Waals surface area contributed by atoms with Crippen LogP contribution in [0.25, 0.3) is 21.7 Å². The van der Waals surface area contributed by atoms with E-state index in [2.05, 4.69) is 15.3 Å². The van der Waals surface area contributed by atoms with Crippen LogP contribution in [-0.4, -0.2) is 20.7 Å². The minimum absolute atomic E-state index is 0.0648. The molecule has 0 fully saturated rings. The van der Waals surface area contributed by atoms with E-state index < -0.39 is 0 Å². The van der Waals surface area contributed by atoms with Gasteiger partial charge in [0.25, 0.3) is 0 Å². The highest BCUT2D eigenvalue weighted by Gasteiger charge is 2.13. The maximum atomic E-state index is 12.8. The third kappa shape index (κ3) is 4.15. The second-order valence-electron chi connectivity index (χ2n) is 7.49. The Balaban J connectivity index is 1.52. The van der Waals surface area contributed by atoms with Crippen molar-refractivity contribution >= 4 is 50.6 Å². The molecule has 5 aromatic rings. The van der Waals surface area contributed by atoms with Gasteiger partial charge in [-0.25, -0.2) is 4.98 Å². The van der Waals surface area contributed by atoms with Gasteiger partial charge in [-0.05, 0) is 48.9 Å². The quantitative estimate of drug-likeness (QED) is 0.246. The van der Waals surface area contributed by atoms with Gasteiger partial charge in [-0.3, -0.25) is 14.8 Å². The number of nitrogens with zero attached hydrogens (tertiary/aromatic N) is 3. The Hall–Kier alpha value is -3.83. The van der Waals surface area contributed by atoms with Gasteiger partial charge in [-0.2, -0.15) is 0 Å². The van der Waals surface area contributed by atoms with Crippen molar-refractivity contribution in [3.8, 4) is 0 Å². The Morgan fingerprint density at radius 2 is 1.84 bits per heavy atom. The molecule has 5 rings (SSSR count). The molecule has 0 atom stereocenters. The molecule has 0 saturated heterocycles. The van der Waals surface area contributed by atoms with Gasteiger partial charge in [0, 0.05) is 63.1 Å². The largest absolute Gasteiger partial charge is 0.340 e. The van der Waals surface area contributed by atoms with E-state index in [4.69, 9.17) is 16.6 Å². The van der Waals surface area contributed by atoms with Crippen LogP contribution in [0.3, 0.4) is 0 Å². The average Bonchev–Trinajstić information content (AvgIpc) is 2.83. The Morgan fingerprint density at radius 1 is 0.906 bits per heavy atom. The molecule has 3 heterocycles. The summed E-state index contributed by atoms with van der Waals surface area (Å²) in [6.45, 7) is 0. The Kier molecular flexibility index (Phi) is 5.48. The predicted molar refractivity (Wildman–Crippen MR) is 129 cm³/mol. The molecule has 156 valence electrons. The molecule has 1 N–H and O–H groups in total. The maximum absolute atomic E-state index is 12.8. The van der Waals surface area contributed by atoms with Crippen molar-refractivity contribution in [3.63, 3.8) is 0 Å². The molecule has 0 aliphatic heterocycles. The fraction of sp³-hybridized carbons (Fsp3) is 0.0769. The molecule has 0 saturated carbocycles. The summed E-state index contributed by atoms with van der Waals surface area (Å²) in [5.41, 5.74) is 3.12. The fourth-order valence-corrected chi connectivity index (χ4v) is 3.94. The second-order valence-corrected chi connectivity index (χ2v) is 7.93. The van der Waals surface area contributed by atoms with Crippen molar-refractivity contribution in [2.75, 3.05) is 5.32 Å². The van der Waals surface area contributed by atoms with E-state index in [9.17, 15) is 4.79 Å². The number of hydrogen-bond acceptors (Lipinski definition) is 5. The molecule has 5 nitrogen and oxygen atoms in total. The van der Waals surface area contributed by atoms with Crippen molar-refractivity contribution in [3.05, 3.63) is 102 Å². The first kappa shape index (κ1) is 20.1. The van der Waals surface area contributed by atoms with Crippen LogP contribution in [0.1, 0.15) is 22.5 Å². The van der Waals surface area contributed by atoms with E-state index in [0.29, 0.717) is 29.2 Å². The molecular weight excluding hydrogens is 420 g/mol. The zero-order valence-corrected chi connectivity index (χ0v) is 17.9. The lowest BCUT2D eigenvalue weighted by Gasteiger charge is -2.12. The van der Waals surface area contributed by atoms with E-state index in [0.717, 1.165) is 33.1 Å². The van der Waals surface area contributed by atoms with Crippen molar-refractivity contribution < 1.29 is 4.79 Å². The molecule has 2 aromatic carbocycles. The number of anilines is 2. The minimum atomic E-state index is 0.0648. The number of benzene rings is 2. The van der Waals surface area contributed by atoms with Gasteiger partial charge in [0.2, 0.25) is 0 Å². The lowest BCUT2D eigenvalue weighted by Crippen LogP contribution is -2.03. The highest BCUT2D eigenvalue weighted by atomic mass is 35.5. The van der Waals surface area contributed by atoms with Crippen LogP contribution < -0.4 is 5.32 Å². The van der Waals surface area contributed by atoms with Crippen LogP contribution in [0.4, 0.5) is 11.5 Å². The van der Waals surface area contributed by atoms with Crippen molar-refractivity contribution in [1.82, 2.24) is 15.0 Å². The van der Waals surface area contributed by atoms with Crippen molar-refractivity contribution in [2.24, 2.45) is 0 Å². The fourth-order valence-electron chi connectivity index (χ4n) is 3.75. The number of fused-ring (bicyclic) bond motifs is 3. The van der Waals surface area contributed by atoms with Crippen LogP contribution in [0, 0.1) is 0 Å².